The Morgan fingerprint density at radius 2 is 2.32 bits per heavy atom. The summed E-state index contributed by atoms with van der Waals surface area (Å²) in [7, 11) is 2.28. The molecule has 1 heterocycles. The lowest BCUT2D eigenvalue weighted by Gasteiger charge is -2.66. The van der Waals surface area contributed by atoms with Crippen molar-refractivity contribution < 1.29 is 4.11 Å². The van der Waals surface area contributed by atoms with E-state index in [0.29, 0.717) is 17.6 Å². The quantitative estimate of drug-likeness (QED) is 0.742. The van der Waals surface area contributed by atoms with E-state index in [4.69, 9.17) is 4.11 Å². The highest BCUT2D eigenvalue weighted by Crippen LogP contribution is 2.59. The number of aryl methyl sites for hydroxylation is 1. The maximum absolute atomic E-state index is 7.75. The summed E-state index contributed by atoms with van der Waals surface area (Å²) in [4.78, 5) is 2.58. The maximum atomic E-state index is 7.75. The third-order valence-corrected chi connectivity index (χ3v) is 6.34. The lowest BCUT2D eigenvalue weighted by Crippen LogP contribution is -2.72. The van der Waals surface area contributed by atoms with Crippen LogP contribution in [0.1, 0.15) is 53.4 Å². The van der Waals surface area contributed by atoms with Gasteiger partial charge in [-0.2, -0.15) is 0 Å². The molecule has 1 heteroatoms. The molecular weight excluding hydrogens is 230 g/mol. The number of likely N-dealkylation sites (tertiary alicyclic amines) is 1. The average Bonchev–Trinajstić information content (AvgIpc) is 2.51. The van der Waals surface area contributed by atoms with Crippen LogP contribution in [0.3, 0.4) is 0 Å². The Hall–Kier alpha value is -0.820. The zero-order chi connectivity index (χ0) is 15.7. The highest BCUT2D eigenvalue weighted by atomic mass is 15.3. The second-order valence-electron chi connectivity index (χ2n) is 6.80. The van der Waals surface area contributed by atoms with Gasteiger partial charge < -0.3 is 0 Å². The van der Waals surface area contributed by atoms with Gasteiger partial charge in [0.15, 0.2) is 0 Å². The van der Waals surface area contributed by atoms with E-state index < -0.39 is 6.85 Å². The Labute approximate surface area is 121 Å². The van der Waals surface area contributed by atoms with Crippen LogP contribution in [0.2, 0.25) is 0 Å². The molecule has 1 aromatic rings. The molecule has 4 rings (SSSR count). The van der Waals surface area contributed by atoms with Gasteiger partial charge in [0, 0.05) is 21.6 Å². The molecule has 1 aliphatic heterocycles. The van der Waals surface area contributed by atoms with Crippen LogP contribution in [-0.2, 0) is 11.8 Å². The molecule has 0 N–H and O–H groups in total. The molecule has 4 atom stereocenters. The molecule has 0 aromatic heterocycles. The second-order valence-corrected chi connectivity index (χ2v) is 6.80. The lowest BCUT2D eigenvalue weighted by atomic mass is 9.49. The third-order valence-electron chi connectivity index (χ3n) is 6.34. The molecule has 2 unspecified atom stereocenters. The average molecular weight is 258 g/mol. The van der Waals surface area contributed by atoms with Crippen molar-refractivity contribution in [3.63, 3.8) is 0 Å². The van der Waals surface area contributed by atoms with Crippen LogP contribution in [0.4, 0.5) is 0 Å². The Kier molecular flexibility index (Phi) is 1.86. The fourth-order valence-electron chi connectivity index (χ4n) is 5.45. The van der Waals surface area contributed by atoms with Gasteiger partial charge in [-0.3, -0.25) is 4.90 Å². The highest BCUT2D eigenvalue weighted by molar-refractivity contribution is 5.44. The number of hydrogen-bond donors (Lipinski definition) is 0. The zero-order valence-electron chi connectivity index (χ0n) is 14.9. The first-order valence-corrected chi connectivity index (χ1v) is 7.74. The molecule has 2 fully saturated rings. The second kappa shape index (κ2) is 3.85. The van der Waals surface area contributed by atoms with E-state index in [1.807, 2.05) is 12.1 Å². The molecule has 3 aliphatic rings. The molecule has 102 valence electrons. The number of nitrogens with zero attached hydrogens (tertiary/aromatic N) is 1. The summed E-state index contributed by atoms with van der Waals surface area (Å²) in [6.45, 7) is 0.306. The fourth-order valence-corrected chi connectivity index (χ4v) is 5.45. The van der Waals surface area contributed by atoms with Gasteiger partial charge in [-0.15, -0.1) is 0 Å². The van der Waals surface area contributed by atoms with E-state index in [1.54, 1.807) is 0 Å². The first kappa shape index (κ1) is 9.18. The first-order valence-electron chi connectivity index (χ1n) is 9.24. The molecule has 1 nitrogen and oxygen atoms in total. The Morgan fingerprint density at radius 3 is 3.11 bits per heavy atom. The van der Waals surface area contributed by atoms with E-state index in [2.05, 4.69) is 24.9 Å². The minimum absolute atomic E-state index is 0.217. The molecule has 1 aromatic carbocycles. The monoisotopic (exact) mass is 258 g/mol. The Bertz CT molecular complexity index is 609. The van der Waals surface area contributed by atoms with Crippen LogP contribution in [0, 0.1) is 12.8 Å². The summed E-state index contributed by atoms with van der Waals surface area (Å²) in [6, 6.07) is 7.33. The van der Waals surface area contributed by atoms with Crippen molar-refractivity contribution in [3.8, 4) is 0 Å². The first-order chi connectivity index (χ1) is 10.4. The summed E-state index contributed by atoms with van der Waals surface area (Å²) < 4.78 is 23.2. The van der Waals surface area contributed by atoms with Crippen LogP contribution in [-0.4, -0.2) is 24.0 Å². The van der Waals surface area contributed by atoms with Crippen LogP contribution in [0.25, 0.3) is 0 Å². The van der Waals surface area contributed by atoms with Crippen molar-refractivity contribution >= 4 is 0 Å². The SMILES string of the molecule is [2H]C([2H])([2H])c1ccc2c(c1)C1(CC)CCCC3[C@@H]1[C@H](C2)N3C. The van der Waals surface area contributed by atoms with E-state index in [0.717, 1.165) is 18.8 Å². The number of fused-ring (bicyclic) bond motifs is 2. The van der Waals surface area contributed by atoms with Crippen molar-refractivity contribution in [2.45, 2.75) is 63.4 Å². The smallest absolute Gasteiger partial charge is 0.0280 e. The molecular formula is C18H25N. The minimum atomic E-state index is -1.99. The van der Waals surface area contributed by atoms with Gasteiger partial charge in [0.1, 0.15) is 0 Å². The summed E-state index contributed by atoms with van der Waals surface area (Å²) in [5.41, 5.74) is 3.49. The van der Waals surface area contributed by atoms with Crippen molar-refractivity contribution in [2.75, 3.05) is 7.05 Å². The predicted molar refractivity (Wildman–Crippen MR) is 79.5 cm³/mol. The fraction of sp³-hybridized carbons (Fsp3) is 0.667. The summed E-state index contributed by atoms with van der Waals surface area (Å²) >= 11 is 0. The highest BCUT2D eigenvalue weighted by Gasteiger charge is 2.60. The van der Waals surface area contributed by atoms with Crippen LogP contribution in [0.15, 0.2) is 18.2 Å². The van der Waals surface area contributed by atoms with E-state index in [-0.39, 0.29) is 5.41 Å². The van der Waals surface area contributed by atoms with Crippen LogP contribution >= 0.6 is 0 Å². The molecule has 0 radical (unpaired) electrons. The molecule has 1 saturated carbocycles. The zero-order valence-corrected chi connectivity index (χ0v) is 11.9. The number of benzene rings is 1. The molecule has 0 amide bonds. The summed E-state index contributed by atoms with van der Waals surface area (Å²) in [5.74, 6) is 0.732. The van der Waals surface area contributed by atoms with Gasteiger partial charge >= 0.3 is 0 Å². The number of hydrogen-bond acceptors (Lipinski definition) is 1. The molecule has 0 spiro atoms. The van der Waals surface area contributed by atoms with Crippen LogP contribution < -0.4 is 0 Å². The standard InChI is InChI=1S/C18H25N/c1-4-18-9-5-6-15-17(18)16(19(15)3)11-13-8-7-12(2)10-14(13)18/h7-8,10,15-17H,4-6,9,11H2,1-3H3/t15?,16-,17+,18?/m0/s1/i2D3. The summed E-state index contributed by atoms with van der Waals surface area (Å²) in [6.07, 6.45) is 6.04. The van der Waals surface area contributed by atoms with Gasteiger partial charge in [-0.05, 0) is 56.6 Å². The molecule has 0 bridgehead atoms. The Morgan fingerprint density at radius 1 is 1.42 bits per heavy atom. The van der Waals surface area contributed by atoms with E-state index in [9.17, 15) is 0 Å². The maximum Gasteiger partial charge on any atom is 0.0280 e. The largest absolute Gasteiger partial charge is 0.299 e. The molecule has 19 heavy (non-hydrogen) atoms. The van der Waals surface area contributed by atoms with Gasteiger partial charge in [-0.25, -0.2) is 0 Å². The van der Waals surface area contributed by atoms with Crippen molar-refractivity contribution in [3.05, 3.63) is 34.9 Å². The third kappa shape index (κ3) is 1.35. The minimum Gasteiger partial charge on any atom is -0.299 e. The van der Waals surface area contributed by atoms with E-state index >= 15 is 0 Å². The van der Waals surface area contributed by atoms with Gasteiger partial charge in [0.2, 0.25) is 0 Å². The number of likely N-dealkylation sites (N-methyl/N-ethyl adjacent to an activating group) is 1. The normalized spacial score (nSPS) is 43.3. The van der Waals surface area contributed by atoms with Gasteiger partial charge in [0.05, 0.1) is 0 Å². The van der Waals surface area contributed by atoms with Gasteiger partial charge in [0.25, 0.3) is 0 Å². The van der Waals surface area contributed by atoms with Crippen molar-refractivity contribution in [1.29, 1.82) is 0 Å². The van der Waals surface area contributed by atoms with E-state index in [1.165, 1.54) is 30.4 Å². The number of rotatable bonds is 1. The van der Waals surface area contributed by atoms with Crippen LogP contribution in [0.5, 0.6) is 0 Å². The molecule has 1 saturated heterocycles. The summed E-state index contributed by atoms with van der Waals surface area (Å²) in [5, 5.41) is 0. The lowest BCUT2D eigenvalue weighted by molar-refractivity contribution is -0.115. The topological polar surface area (TPSA) is 3.24 Å². The molecule has 2 aliphatic carbocycles. The predicted octanol–water partition coefficient (Wildman–Crippen LogP) is 3.68. The van der Waals surface area contributed by atoms with Gasteiger partial charge in [-0.1, -0.05) is 37.1 Å². The van der Waals surface area contributed by atoms with Crippen molar-refractivity contribution in [2.24, 2.45) is 5.92 Å². The Balaban J connectivity index is 1.87. The van der Waals surface area contributed by atoms with Crippen molar-refractivity contribution in [1.82, 2.24) is 4.90 Å².